The highest BCUT2D eigenvalue weighted by Crippen LogP contribution is 2.47. The van der Waals surface area contributed by atoms with Crippen LogP contribution in [0.5, 0.6) is 0 Å². The van der Waals surface area contributed by atoms with Crippen LogP contribution in [0.4, 0.5) is 0 Å². The van der Waals surface area contributed by atoms with E-state index in [0.717, 1.165) is 6.42 Å². The van der Waals surface area contributed by atoms with Gasteiger partial charge in [0.25, 0.3) is 0 Å². The van der Waals surface area contributed by atoms with Gasteiger partial charge in [-0.25, -0.2) is 0 Å². The van der Waals surface area contributed by atoms with E-state index in [1.807, 2.05) is 0 Å². The Hall–Kier alpha value is -0.0400. The van der Waals surface area contributed by atoms with Crippen molar-refractivity contribution in [2.24, 2.45) is 17.8 Å². The van der Waals surface area contributed by atoms with Gasteiger partial charge in [-0.2, -0.15) is 0 Å². The fourth-order valence-corrected chi connectivity index (χ4v) is 5.10. The molecule has 2 saturated carbocycles. The molecule has 0 aromatic heterocycles. The minimum atomic E-state index is -0.331. The number of hydrogen-bond acceptors (Lipinski definition) is 1. The Kier molecular flexibility index (Phi) is 7.05. The third kappa shape index (κ3) is 4.71. The van der Waals surface area contributed by atoms with E-state index < -0.39 is 0 Å². The zero-order chi connectivity index (χ0) is 15.1. The normalized spacial score (nSPS) is 25.9. The highest BCUT2D eigenvalue weighted by Gasteiger charge is 2.45. The van der Waals surface area contributed by atoms with Gasteiger partial charge in [0.2, 0.25) is 0 Å². The Morgan fingerprint density at radius 2 is 1.43 bits per heavy atom. The third-order valence-electron chi connectivity index (χ3n) is 6.35. The van der Waals surface area contributed by atoms with Crippen LogP contribution in [-0.4, -0.2) is 10.7 Å². The lowest BCUT2D eigenvalue weighted by Gasteiger charge is -2.44. The molecule has 1 N–H and O–H groups in total. The van der Waals surface area contributed by atoms with E-state index >= 15 is 0 Å². The predicted molar refractivity (Wildman–Crippen MR) is 91.4 cm³/mol. The Balaban J connectivity index is 1.96. The number of rotatable bonds is 8. The molecule has 124 valence electrons. The summed E-state index contributed by atoms with van der Waals surface area (Å²) in [6.45, 7) is 4.67. The lowest BCUT2D eigenvalue weighted by Crippen LogP contribution is -2.46. The molecule has 2 aliphatic rings. The van der Waals surface area contributed by atoms with Crippen molar-refractivity contribution in [3.05, 3.63) is 0 Å². The maximum absolute atomic E-state index is 11.7. The molecule has 0 aliphatic heterocycles. The lowest BCUT2D eigenvalue weighted by atomic mass is 9.66. The Bertz CT molecular complexity index is 276. The standard InChI is InChI=1S/C20H38O/c1-3-4-6-11-17(2)16-20(21,19-14-9-10-15-19)18-12-7-5-8-13-18/h17-19,21H,3-16H2,1-2H3. The van der Waals surface area contributed by atoms with Crippen LogP contribution in [0.15, 0.2) is 0 Å². The van der Waals surface area contributed by atoms with Gasteiger partial charge in [0.1, 0.15) is 0 Å². The molecule has 0 saturated heterocycles. The fraction of sp³-hybridized carbons (Fsp3) is 1.00. The van der Waals surface area contributed by atoms with Crippen molar-refractivity contribution in [1.82, 2.24) is 0 Å². The van der Waals surface area contributed by atoms with Gasteiger partial charge in [0.05, 0.1) is 5.60 Å². The summed E-state index contributed by atoms with van der Waals surface area (Å²) in [6.07, 6.45) is 18.3. The topological polar surface area (TPSA) is 20.2 Å². The van der Waals surface area contributed by atoms with Gasteiger partial charge in [-0.1, -0.05) is 71.6 Å². The van der Waals surface area contributed by atoms with Gasteiger partial charge in [-0.15, -0.1) is 0 Å². The van der Waals surface area contributed by atoms with E-state index in [9.17, 15) is 5.11 Å². The first kappa shape index (κ1) is 17.3. The number of aliphatic hydroxyl groups is 1. The molecule has 1 heteroatoms. The lowest BCUT2D eigenvalue weighted by molar-refractivity contribution is -0.0954. The zero-order valence-electron chi connectivity index (χ0n) is 14.6. The van der Waals surface area contributed by atoms with Gasteiger partial charge in [0.15, 0.2) is 0 Å². The minimum absolute atomic E-state index is 0.331. The van der Waals surface area contributed by atoms with Crippen molar-refractivity contribution in [3.63, 3.8) is 0 Å². The van der Waals surface area contributed by atoms with Crippen molar-refractivity contribution in [3.8, 4) is 0 Å². The van der Waals surface area contributed by atoms with Crippen LogP contribution in [-0.2, 0) is 0 Å². The number of unbranched alkanes of at least 4 members (excludes halogenated alkanes) is 2. The molecule has 0 bridgehead atoms. The monoisotopic (exact) mass is 294 g/mol. The van der Waals surface area contributed by atoms with Crippen molar-refractivity contribution < 1.29 is 5.11 Å². The average molecular weight is 295 g/mol. The summed E-state index contributed by atoms with van der Waals surface area (Å²) < 4.78 is 0. The Morgan fingerprint density at radius 1 is 0.905 bits per heavy atom. The van der Waals surface area contributed by atoms with E-state index in [2.05, 4.69) is 13.8 Å². The molecular weight excluding hydrogens is 256 g/mol. The summed E-state index contributed by atoms with van der Waals surface area (Å²) in [5.41, 5.74) is -0.331. The summed E-state index contributed by atoms with van der Waals surface area (Å²) >= 11 is 0. The molecule has 1 nitrogen and oxygen atoms in total. The summed E-state index contributed by atoms with van der Waals surface area (Å²) in [5, 5.41) is 11.7. The third-order valence-corrected chi connectivity index (χ3v) is 6.35. The molecule has 0 radical (unpaired) electrons. The van der Waals surface area contributed by atoms with Crippen molar-refractivity contribution in [1.29, 1.82) is 0 Å². The van der Waals surface area contributed by atoms with Gasteiger partial charge < -0.3 is 5.11 Å². The molecule has 2 unspecified atom stereocenters. The molecule has 0 aromatic rings. The molecule has 0 heterocycles. The molecular formula is C20H38O. The Morgan fingerprint density at radius 3 is 1.95 bits per heavy atom. The van der Waals surface area contributed by atoms with E-state index in [0.29, 0.717) is 17.8 Å². The van der Waals surface area contributed by atoms with E-state index in [1.54, 1.807) is 0 Å². The second-order valence-corrected chi connectivity index (χ2v) is 8.11. The van der Waals surface area contributed by atoms with Crippen LogP contribution in [0, 0.1) is 17.8 Å². The van der Waals surface area contributed by atoms with Crippen molar-refractivity contribution in [2.75, 3.05) is 0 Å². The summed E-state index contributed by atoms with van der Waals surface area (Å²) in [4.78, 5) is 0. The molecule has 2 aliphatic carbocycles. The summed E-state index contributed by atoms with van der Waals surface area (Å²) in [5.74, 6) is 1.90. The van der Waals surface area contributed by atoms with Crippen LogP contribution in [0.1, 0.15) is 104 Å². The maximum atomic E-state index is 11.7. The minimum Gasteiger partial charge on any atom is -0.389 e. The van der Waals surface area contributed by atoms with Gasteiger partial charge >= 0.3 is 0 Å². The Labute approximate surface area is 132 Å². The smallest absolute Gasteiger partial charge is 0.0706 e. The van der Waals surface area contributed by atoms with Crippen LogP contribution < -0.4 is 0 Å². The first-order valence-electron chi connectivity index (χ1n) is 9.89. The second-order valence-electron chi connectivity index (χ2n) is 8.11. The first-order chi connectivity index (χ1) is 10.2. The van der Waals surface area contributed by atoms with E-state index in [1.165, 1.54) is 83.5 Å². The van der Waals surface area contributed by atoms with E-state index in [4.69, 9.17) is 0 Å². The molecule has 2 rings (SSSR count). The summed E-state index contributed by atoms with van der Waals surface area (Å²) in [6, 6.07) is 0. The highest BCUT2D eigenvalue weighted by molar-refractivity contribution is 4.96. The quantitative estimate of drug-likeness (QED) is 0.537. The largest absolute Gasteiger partial charge is 0.389 e. The van der Waals surface area contributed by atoms with Crippen LogP contribution in [0.3, 0.4) is 0 Å². The molecule has 0 amide bonds. The molecule has 0 aromatic carbocycles. The van der Waals surface area contributed by atoms with E-state index in [-0.39, 0.29) is 5.60 Å². The predicted octanol–water partition coefficient (Wildman–Crippen LogP) is 6.09. The van der Waals surface area contributed by atoms with Gasteiger partial charge in [0, 0.05) is 0 Å². The number of hydrogen-bond donors (Lipinski definition) is 1. The fourth-order valence-electron chi connectivity index (χ4n) is 5.10. The maximum Gasteiger partial charge on any atom is 0.0706 e. The molecule has 2 atom stereocenters. The second kappa shape index (κ2) is 8.56. The molecule has 2 fully saturated rings. The molecule has 21 heavy (non-hydrogen) atoms. The van der Waals surface area contributed by atoms with Crippen LogP contribution in [0.25, 0.3) is 0 Å². The van der Waals surface area contributed by atoms with Crippen LogP contribution in [0.2, 0.25) is 0 Å². The van der Waals surface area contributed by atoms with Crippen molar-refractivity contribution >= 4 is 0 Å². The van der Waals surface area contributed by atoms with Gasteiger partial charge in [-0.05, 0) is 49.9 Å². The van der Waals surface area contributed by atoms with Crippen molar-refractivity contribution in [2.45, 2.75) is 109 Å². The average Bonchev–Trinajstić information content (AvgIpc) is 3.03. The zero-order valence-corrected chi connectivity index (χ0v) is 14.6. The summed E-state index contributed by atoms with van der Waals surface area (Å²) in [7, 11) is 0. The highest BCUT2D eigenvalue weighted by atomic mass is 16.3. The SMILES string of the molecule is CCCCCC(C)CC(O)(C1CCCCC1)C1CCCC1. The van der Waals surface area contributed by atoms with Crippen LogP contribution >= 0.6 is 0 Å². The first-order valence-corrected chi connectivity index (χ1v) is 9.89. The molecule has 0 spiro atoms. The van der Waals surface area contributed by atoms with Gasteiger partial charge in [-0.3, -0.25) is 0 Å².